The van der Waals surface area contributed by atoms with E-state index in [4.69, 9.17) is 0 Å². The van der Waals surface area contributed by atoms with Crippen LogP contribution < -0.4 is 4.90 Å². The lowest BCUT2D eigenvalue weighted by Gasteiger charge is -2.36. The highest BCUT2D eigenvalue weighted by atomic mass is 19.4. The minimum atomic E-state index is -4.48. The summed E-state index contributed by atoms with van der Waals surface area (Å²) in [4.78, 5) is 17.1. The van der Waals surface area contributed by atoms with Crippen LogP contribution in [0.25, 0.3) is 10.9 Å². The first-order valence-corrected chi connectivity index (χ1v) is 12.2. The normalized spacial score (nSPS) is 15.3. The summed E-state index contributed by atoms with van der Waals surface area (Å²) in [5.74, 6) is -0.989. The van der Waals surface area contributed by atoms with Gasteiger partial charge in [0.2, 0.25) is 5.91 Å². The van der Waals surface area contributed by atoms with Crippen LogP contribution in [0.1, 0.15) is 29.0 Å². The highest BCUT2D eigenvalue weighted by Gasteiger charge is 2.33. The summed E-state index contributed by atoms with van der Waals surface area (Å²) in [6, 6.07) is 19.5. The molecule has 1 amide bonds. The lowest BCUT2D eigenvalue weighted by molar-refractivity contribution is -0.137. The molecule has 4 nitrogen and oxygen atoms in total. The Morgan fingerprint density at radius 3 is 2.35 bits per heavy atom. The van der Waals surface area contributed by atoms with Crippen LogP contribution in [0.4, 0.5) is 23.2 Å². The summed E-state index contributed by atoms with van der Waals surface area (Å²) in [5, 5.41) is 0.907. The predicted octanol–water partition coefficient (Wildman–Crippen LogP) is 6.21. The molecule has 0 unspecified atom stereocenters. The van der Waals surface area contributed by atoms with Crippen molar-refractivity contribution in [2.24, 2.45) is 7.05 Å². The molecule has 0 aliphatic carbocycles. The van der Waals surface area contributed by atoms with Gasteiger partial charge in [0, 0.05) is 62.7 Å². The Morgan fingerprint density at radius 1 is 0.919 bits per heavy atom. The van der Waals surface area contributed by atoms with E-state index in [1.807, 2.05) is 47.0 Å². The van der Waals surface area contributed by atoms with E-state index in [1.165, 1.54) is 12.1 Å². The molecule has 37 heavy (non-hydrogen) atoms. The van der Waals surface area contributed by atoms with Crippen LogP contribution >= 0.6 is 0 Å². The number of benzene rings is 3. The average Bonchev–Trinajstić information content (AvgIpc) is 3.23. The number of hydrogen-bond donors (Lipinski definition) is 0. The van der Waals surface area contributed by atoms with Gasteiger partial charge in [-0.25, -0.2) is 4.39 Å². The minimum Gasteiger partial charge on any atom is -0.366 e. The Bertz CT molecular complexity index is 1420. The second kappa shape index (κ2) is 9.92. The molecular formula is C29H27F4N3O. The fourth-order valence-corrected chi connectivity index (χ4v) is 5.20. The van der Waals surface area contributed by atoms with E-state index >= 15 is 0 Å². The number of alkyl halides is 3. The van der Waals surface area contributed by atoms with E-state index < -0.39 is 17.7 Å². The molecule has 1 saturated heterocycles. The predicted molar refractivity (Wildman–Crippen MR) is 136 cm³/mol. The van der Waals surface area contributed by atoms with Gasteiger partial charge >= 0.3 is 6.18 Å². The first kappa shape index (κ1) is 24.9. The van der Waals surface area contributed by atoms with E-state index in [0.717, 1.165) is 28.6 Å². The summed E-state index contributed by atoms with van der Waals surface area (Å²) in [6.45, 7) is 1.79. The zero-order valence-corrected chi connectivity index (χ0v) is 20.4. The fraction of sp³-hybridized carbons (Fsp3) is 0.276. The van der Waals surface area contributed by atoms with Crippen molar-refractivity contribution in [2.75, 3.05) is 31.1 Å². The molecule has 192 valence electrons. The van der Waals surface area contributed by atoms with Crippen molar-refractivity contribution in [3.63, 3.8) is 0 Å². The van der Waals surface area contributed by atoms with Crippen molar-refractivity contribution in [1.29, 1.82) is 0 Å². The van der Waals surface area contributed by atoms with Gasteiger partial charge in [-0.05, 0) is 35.4 Å². The molecule has 0 bridgehead atoms. The maximum absolute atomic E-state index is 14.2. The molecule has 2 heterocycles. The average molecular weight is 510 g/mol. The zero-order chi connectivity index (χ0) is 26.2. The van der Waals surface area contributed by atoms with Gasteiger partial charge in [-0.3, -0.25) is 4.79 Å². The lowest BCUT2D eigenvalue weighted by Crippen LogP contribution is -2.49. The Balaban J connectivity index is 1.43. The van der Waals surface area contributed by atoms with Crippen LogP contribution in [0.15, 0.2) is 79.0 Å². The van der Waals surface area contributed by atoms with Crippen LogP contribution in [0.5, 0.6) is 0 Å². The van der Waals surface area contributed by atoms with Gasteiger partial charge < -0.3 is 14.4 Å². The summed E-state index contributed by atoms with van der Waals surface area (Å²) < 4.78 is 56.8. The lowest BCUT2D eigenvalue weighted by atomic mass is 9.87. The number of fused-ring (bicyclic) bond motifs is 1. The highest BCUT2D eigenvalue weighted by Crippen LogP contribution is 2.38. The number of amides is 1. The van der Waals surface area contributed by atoms with Crippen LogP contribution in [0.2, 0.25) is 0 Å². The number of carbonyl (C=O) groups excluding carboxylic acids is 1. The van der Waals surface area contributed by atoms with Crippen molar-refractivity contribution in [2.45, 2.75) is 18.5 Å². The number of piperazine rings is 1. The van der Waals surface area contributed by atoms with E-state index in [2.05, 4.69) is 0 Å². The maximum Gasteiger partial charge on any atom is 0.416 e. The van der Waals surface area contributed by atoms with Crippen molar-refractivity contribution in [1.82, 2.24) is 9.47 Å². The van der Waals surface area contributed by atoms with Gasteiger partial charge in [-0.1, -0.05) is 48.5 Å². The number of aryl methyl sites for hydroxylation is 1. The van der Waals surface area contributed by atoms with E-state index in [9.17, 15) is 22.4 Å². The van der Waals surface area contributed by atoms with Gasteiger partial charge in [-0.2, -0.15) is 13.2 Å². The third-order valence-corrected chi connectivity index (χ3v) is 7.12. The summed E-state index contributed by atoms with van der Waals surface area (Å²) in [7, 11) is 1.89. The summed E-state index contributed by atoms with van der Waals surface area (Å²) >= 11 is 0. The molecule has 4 aromatic rings. The monoisotopic (exact) mass is 509 g/mol. The van der Waals surface area contributed by atoms with Crippen LogP contribution in [-0.4, -0.2) is 41.6 Å². The number of hydrogen-bond acceptors (Lipinski definition) is 2. The van der Waals surface area contributed by atoms with E-state index in [-0.39, 0.29) is 18.1 Å². The smallest absolute Gasteiger partial charge is 0.366 e. The third-order valence-electron chi connectivity index (χ3n) is 7.12. The molecule has 0 N–H and O–H groups in total. The molecule has 1 fully saturated rings. The minimum absolute atomic E-state index is 0.0367. The van der Waals surface area contributed by atoms with Crippen LogP contribution in [0.3, 0.4) is 0 Å². The van der Waals surface area contributed by atoms with Crippen LogP contribution in [0, 0.1) is 5.82 Å². The number of halogens is 4. The fourth-order valence-electron chi connectivity index (χ4n) is 5.20. The van der Waals surface area contributed by atoms with Crippen LogP contribution in [-0.2, 0) is 18.0 Å². The number of nitrogens with zero attached hydrogens (tertiary/aromatic N) is 3. The molecule has 1 aromatic heterocycles. The topological polar surface area (TPSA) is 28.5 Å². The molecule has 0 radical (unpaired) electrons. The van der Waals surface area contributed by atoms with E-state index in [1.54, 1.807) is 29.2 Å². The third kappa shape index (κ3) is 5.05. The molecule has 5 rings (SSSR count). The molecule has 1 atom stereocenters. The number of carbonyl (C=O) groups is 1. The Morgan fingerprint density at radius 2 is 1.62 bits per heavy atom. The summed E-state index contributed by atoms with van der Waals surface area (Å²) in [6.07, 6.45) is -2.54. The zero-order valence-electron chi connectivity index (χ0n) is 20.4. The number of aromatic nitrogens is 1. The molecule has 1 aliphatic heterocycles. The largest absolute Gasteiger partial charge is 0.416 e. The number of rotatable bonds is 5. The van der Waals surface area contributed by atoms with E-state index in [0.29, 0.717) is 37.4 Å². The quantitative estimate of drug-likeness (QED) is 0.300. The molecule has 0 saturated carbocycles. The standard InChI is InChI=1S/C29H27F4N3O/c1-34-19-24(22-9-2-4-11-26(22)34)23(20-7-6-8-21(17-20)29(31,32)33)18-28(37)36-15-13-35(14-16-36)27-12-5-3-10-25(27)30/h2-12,17,19,23H,13-16,18H2,1H3/t23-/m0/s1. The number of anilines is 1. The van der Waals surface area contributed by atoms with Crippen molar-refractivity contribution >= 4 is 22.5 Å². The van der Waals surface area contributed by atoms with Gasteiger partial charge in [0.1, 0.15) is 5.82 Å². The molecular weight excluding hydrogens is 482 g/mol. The van der Waals surface area contributed by atoms with Crippen molar-refractivity contribution < 1.29 is 22.4 Å². The molecule has 8 heteroatoms. The first-order valence-electron chi connectivity index (χ1n) is 12.2. The Labute approximate surface area is 212 Å². The SMILES string of the molecule is Cn1cc([C@@H](CC(=O)N2CCN(c3ccccc3F)CC2)c2cccc(C(F)(F)F)c2)c2ccccc21. The molecule has 0 spiro atoms. The molecule has 3 aromatic carbocycles. The second-order valence-electron chi connectivity index (χ2n) is 9.41. The second-order valence-corrected chi connectivity index (χ2v) is 9.41. The highest BCUT2D eigenvalue weighted by molar-refractivity contribution is 5.86. The van der Waals surface area contributed by atoms with Crippen molar-refractivity contribution in [3.05, 3.63) is 102 Å². The maximum atomic E-state index is 14.2. The van der Waals surface area contributed by atoms with Gasteiger partial charge in [0.05, 0.1) is 11.3 Å². The Kier molecular flexibility index (Phi) is 6.67. The van der Waals surface area contributed by atoms with Gasteiger partial charge in [-0.15, -0.1) is 0 Å². The Hall–Kier alpha value is -3.81. The number of para-hydroxylation sites is 2. The summed E-state index contributed by atoms with van der Waals surface area (Å²) in [5.41, 5.74) is 1.98. The van der Waals surface area contributed by atoms with Crippen molar-refractivity contribution in [3.8, 4) is 0 Å². The van der Waals surface area contributed by atoms with Gasteiger partial charge in [0.25, 0.3) is 0 Å². The molecule has 1 aliphatic rings. The first-order chi connectivity index (χ1) is 17.7. The van der Waals surface area contributed by atoms with Gasteiger partial charge in [0.15, 0.2) is 0 Å².